The molecule has 0 atom stereocenters. The zero-order valence-corrected chi connectivity index (χ0v) is 16.7. The Morgan fingerprint density at radius 3 is 2.55 bits per heavy atom. The SMILES string of the molecule is CN(CCCc1ccc(F)cc1)C(=O)c1cn(CCN2CCOCC2)c(O)c1O. The molecule has 1 saturated heterocycles. The fourth-order valence-electron chi connectivity index (χ4n) is 3.41. The van der Waals surface area contributed by atoms with Gasteiger partial charge in [-0.2, -0.15) is 0 Å². The number of aromatic nitrogens is 1. The maximum absolute atomic E-state index is 13.0. The van der Waals surface area contributed by atoms with Crippen LogP contribution in [0.2, 0.25) is 0 Å². The van der Waals surface area contributed by atoms with Crippen molar-refractivity contribution in [3.8, 4) is 11.6 Å². The predicted octanol–water partition coefficient (Wildman–Crippen LogP) is 2.08. The Kier molecular flexibility index (Phi) is 7.11. The van der Waals surface area contributed by atoms with Crippen molar-refractivity contribution in [2.24, 2.45) is 0 Å². The maximum atomic E-state index is 13.0. The summed E-state index contributed by atoms with van der Waals surface area (Å²) in [5.74, 6) is -1.29. The predicted molar refractivity (Wildman–Crippen MR) is 107 cm³/mol. The van der Waals surface area contributed by atoms with Crippen LogP contribution < -0.4 is 0 Å². The van der Waals surface area contributed by atoms with Gasteiger partial charge in [0.15, 0.2) is 5.75 Å². The first-order chi connectivity index (χ1) is 14.0. The molecule has 0 unspecified atom stereocenters. The summed E-state index contributed by atoms with van der Waals surface area (Å²) < 4.78 is 19.8. The topological polar surface area (TPSA) is 78.2 Å². The van der Waals surface area contributed by atoms with E-state index in [0.29, 0.717) is 39.3 Å². The van der Waals surface area contributed by atoms with E-state index in [2.05, 4.69) is 4.90 Å². The first-order valence-electron chi connectivity index (χ1n) is 9.87. The van der Waals surface area contributed by atoms with E-state index in [4.69, 9.17) is 4.74 Å². The minimum absolute atomic E-state index is 0.0914. The highest BCUT2D eigenvalue weighted by Gasteiger charge is 2.23. The third-order valence-electron chi connectivity index (χ3n) is 5.23. The number of morpholine rings is 1. The summed E-state index contributed by atoms with van der Waals surface area (Å²) in [6.45, 7) is 4.69. The number of benzene rings is 1. The number of carbonyl (C=O) groups is 1. The molecule has 7 nitrogen and oxygen atoms in total. The molecule has 158 valence electrons. The second-order valence-corrected chi connectivity index (χ2v) is 7.32. The summed E-state index contributed by atoms with van der Waals surface area (Å²) in [4.78, 5) is 16.4. The molecule has 1 fully saturated rings. The van der Waals surface area contributed by atoms with Crippen LogP contribution >= 0.6 is 0 Å². The molecule has 2 N–H and O–H groups in total. The van der Waals surface area contributed by atoms with E-state index in [9.17, 15) is 19.4 Å². The van der Waals surface area contributed by atoms with E-state index >= 15 is 0 Å². The van der Waals surface area contributed by atoms with Crippen molar-refractivity contribution in [2.45, 2.75) is 19.4 Å². The molecular formula is C21H28FN3O4. The van der Waals surface area contributed by atoms with Gasteiger partial charge in [-0.05, 0) is 30.5 Å². The number of aryl methyl sites for hydroxylation is 1. The molecular weight excluding hydrogens is 377 g/mol. The second-order valence-electron chi connectivity index (χ2n) is 7.32. The summed E-state index contributed by atoms with van der Waals surface area (Å²) in [5.41, 5.74) is 1.09. The number of carbonyl (C=O) groups excluding carboxylic acids is 1. The van der Waals surface area contributed by atoms with Gasteiger partial charge in [0.1, 0.15) is 11.4 Å². The smallest absolute Gasteiger partial charge is 0.259 e. The summed E-state index contributed by atoms with van der Waals surface area (Å²) in [6, 6.07) is 6.31. The fraction of sp³-hybridized carbons (Fsp3) is 0.476. The summed E-state index contributed by atoms with van der Waals surface area (Å²) in [6.07, 6.45) is 2.93. The standard InChI is InChI=1S/C21H28FN3O4/c1-23(8-2-3-16-4-6-17(22)7-5-16)20(27)18-15-25(21(28)19(18)26)10-9-24-11-13-29-14-12-24/h4-7,15,26,28H,2-3,8-14H2,1H3. The molecule has 3 rings (SSSR count). The molecule has 1 amide bonds. The highest BCUT2D eigenvalue weighted by Crippen LogP contribution is 2.32. The van der Waals surface area contributed by atoms with E-state index in [0.717, 1.165) is 25.1 Å². The molecule has 0 aliphatic carbocycles. The van der Waals surface area contributed by atoms with Crippen LogP contribution in [0.15, 0.2) is 30.5 Å². The molecule has 2 heterocycles. The summed E-state index contributed by atoms with van der Waals surface area (Å²) in [5, 5.41) is 20.4. The Morgan fingerprint density at radius 1 is 1.17 bits per heavy atom. The fourth-order valence-corrected chi connectivity index (χ4v) is 3.41. The van der Waals surface area contributed by atoms with Crippen molar-refractivity contribution in [3.05, 3.63) is 47.4 Å². The number of halogens is 1. The number of hydrogen-bond donors (Lipinski definition) is 2. The van der Waals surface area contributed by atoms with Gasteiger partial charge in [-0.25, -0.2) is 4.39 Å². The van der Waals surface area contributed by atoms with Gasteiger partial charge in [-0.3, -0.25) is 9.69 Å². The highest BCUT2D eigenvalue weighted by atomic mass is 19.1. The molecule has 29 heavy (non-hydrogen) atoms. The first kappa shape index (κ1) is 21.1. The largest absolute Gasteiger partial charge is 0.503 e. The lowest BCUT2D eigenvalue weighted by Crippen LogP contribution is -2.38. The number of nitrogens with zero attached hydrogens (tertiary/aromatic N) is 3. The number of rotatable bonds is 8. The van der Waals surface area contributed by atoms with Crippen molar-refractivity contribution >= 4 is 5.91 Å². The Bertz CT molecular complexity index is 816. The molecule has 0 radical (unpaired) electrons. The Hall–Kier alpha value is -2.58. The van der Waals surface area contributed by atoms with Gasteiger partial charge >= 0.3 is 0 Å². The lowest BCUT2D eigenvalue weighted by Gasteiger charge is -2.26. The van der Waals surface area contributed by atoms with Crippen molar-refractivity contribution in [2.75, 3.05) is 46.4 Å². The molecule has 2 aromatic rings. The van der Waals surface area contributed by atoms with Crippen LogP contribution in [0, 0.1) is 5.82 Å². The van der Waals surface area contributed by atoms with E-state index in [-0.39, 0.29) is 28.9 Å². The number of ether oxygens (including phenoxy) is 1. The van der Waals surface area contributed by atoms with Gasteiger partial charge < -0.3 is 24.4 Å². The average Bonchev–Trinajstić information content (AvgIpc) is 3.02. The lowest BCUT2D eigenvalue weighted by atomic mass is 10.1. The van der Waals surface area contributed by atoms with Gasteiger partial charge in [0.05, 0.1) is 13.2 Å². The number of aromatic hydroxyl groups is 2. The molecule has 0 saturated carbocycles. The Labute approximate surface area is 169 Å². The number of hydrogen-bond acceptors (Lipinski definition) is 5. The van der Waals surface area contributed by atoms with Crippen molar-refractivity contribution in [3.63, 3.8) is 0 Å². The minimum atomic E-state index is -0.387. The first-order valence-corrected chi connectivity index (χ1v) is 9.87. The molecule has 0 spiro atoms. The molecule has 1 aromatic carbocycles. The second kappa shape index (κ2) is 9.76. The van der Waals surface area contributed by atoms with E-state index in [1.165, 1.54) is 27.8 Å². The zero-order chi connectivity index (χ0) is 20.8. The summed E-state index contributed by atoms with van der Waals surface area (Å²) >= 11 is 0. The van der Waals surface area contributed by atoms with E-state index < -0.39 is 0 Å². The van der Waals surface area contributed by atoms with Crippen LogP contribution in [0.3, 0.4) is 0 Å². The summed E-state index contributed by atoms with van der Waals surface area (Å²) in [7, 11) is 1.66. The van der Waals surface area contributed by atoms with Crippen LogP contribution in [0.1, 0.15) is 22.3 Å². The average molecular weight is 405 g/mol. The van der Waals surface area contributed by atoms with E-state index in [1.54, 1.807) is 19.2 Å². The van der Waals surface area contributed by atoms with Crippen molar-refractivity contribution in [1.29, 1.82) is 0 Å². The van der Waals surface area contributed by atoms with Gasteiger partial charge in [0.25, 0.3) is 5.91 Å². The lowest BCUT2D eigenvalue weighted by molar-refractivity contribution is 0.0361. The maximum Gasteiger partial charge on any atom is 0.259 e. The van der Waals surface area contributed by atoms with Crippen LogP contribution in [0.5, 0.6) is 11.6 Å². The van der Waals surface area contributed by atoms with Crippen molar-refractivity contribution in [1.82, 2.24) is 14.4 Å². The molecule has 1 aliphatic heterocycles. The molecule has 8 heteroatoms. The van der Waals surface area contributed by atoms with E-state index in [1.807, 2.05) is 0 Å². The minimum Gasteiger partial charge on any atom is -0.503 e. The van der Waals surface area contributed by atoms with Crippen molar-refractivity contribution < 1.29 is 24.1 Å². The van der Waals surface area contributed by atoms with Crippen LogP contribution in [0.4, 0.5) is 4.39 Å². The van der Waals surface area contributed by atoms with Crippen LogP contribution in [-0.4, -0.2) is 76.9 Å². The normalized spacial score (nSPS) is 14.8. The monoisotopic (exact) mass is 405 g/mol. The molecule has 0 bridgehead atoms. The Morgan fingerprint density at radius 2 is 1.86 bits per heavy atom. The zero-order valence-electron chi connectivity index (χ0n) is 16.7. The van der Waals surface area contributed by atoms with Crippen LogP contribution in [0.25, 0.3) is 0 Å². The van der Waals surface area contributed by atoms with Gasteiger partial charge in [0, 0.05) is 46.0 Å². The third-order valence-corrected chi connectivity index (χ3v) is 5.23. The quantitative estimate of drug-likeness (QED) is 0.703. The third kappa shape index (κ3) is 5.48. The highest BCUT2D eigenvalue weighted by molar-refractivity contribution is 5.97. The molecule has 1 aliphatic rings. The molecule has 1 aromatic heterocycles. The van der Waals surface area contributed by atoms with Gasteiger partial charge in [-0.1, -0.05) is 12.1 Å². The Balaban J connectivity index is 1.54. The van der Waals surface area contributed by atoms with Crippen LogP contribution in [-0.2, 0) is 17.7 Å². The van der Waals surface area contributed by atoms with Gasteiger partial charge in [0.2, 0.25) is 5.88 Å². The van der Waals surface area contributed by atoms with Gasteiger partial charge in [-0.15, -0.1) is 0 Å². The number of amides is 1.